The molecule has 0 amide bonds. The van der Waals surface area contributed by atoms with E-state index >= 15 is 0 Å². The van der Waals surface area contributed by atoms with Crippen molar-refractivity contribution in [3.63, 3.8) is 0 Å². The maximum absolute atomic E-state index is 11.9. The number of nitriles is 1. The van der Waals surface area contributed by atoms with Gasteiger partial charge in [0.25, 0.3) is 0 Å². The van der Waals surface area contributed by atoms with Gasteiger partial charge >= 0.3 is 5.97 Å². The first-order chi connectivity index (χ1) is 13.0. The number of carbonyl (C=O) groups excluding carboxylic acids is 1. The summed E-state index contributed by atoms with van der Waals surface area (Å²) in [5, 5.41) is 19.0. The predicted octanol–water partition coefficient (Wildman–Crippen LogP) is 2.77. The normalized spacial score (nSPS) is 25.9. The molecule has 3 rings (SSSR count). The molecule has 0 aromatic heterocycles. The van der Waals surface area contributed by atoms with Crippen molar-refractivity contribution in [1.82, 2.24) is 4.90 Å². The quantitative estimate of drug-likeness (QED) is 0.586. The second-order valence-electron chi connectivity index (χ2n) is 7.53. The molecule has 0 bridgehead atoms. The summed E-state index contributed by atoms with van der Waals surface area (Å²) < 4.78 is 5.79. The number of likely N-dealkylation sites (tertiary alicyclic amines) is 1. The van der Waals surface area contributed by atoms with Gasteiger partial charge in [-0.05, 0) is 62.9 Å². The first-order valence-electron chi connectivity index (χ1n) is 9.66. The maximum atomic E-state index is 11.9. The third-order valence-corrected chi connectivity index (χ3v) is 5.74. The molecule has 1 heterocycles. The predicted molar refractivity (Wildman–Crippen MR) is 99.5 cm³/mol. The van der Waals surface area contributed by atoms with Gasteiger partial charge in [0.1, 0.15) is 17.5 Å². The molecule has 1 aliphatic heterocycles. The first kappa shape index (κ1) is 19.4. The zero-order valence-corrected chi connectivity index (χ0v) is 15.5. The van der Waals surface area contributed by atoms with Crippen LogP contribution in [-0.2, 0) is 15.0 Å². The number of hydrogen-bond acceptors (Lipinski definition) is 5. The molecule has 1 saturated carbocycles. The molecule has 1 aromatic carbocycles. The van der Waals surface area contributed by atoms with Gasteiger partial charge in [-0.3, -0.25) is 9.59 Å². The van der Waals surface area contributed by atoms with Crippen molar-refractivity contribution >= 4 is 11.8 Å². The highest BCUT2D eigenvalue weighted by atomic mass is 16.5. The van der Waals surface area contributed by atoms with E-state index in [1.54, 1.807) is 0 Å². The number of Topliss-reactive ketones (excluding diaryl/α,β-unsaturated/α-hetero) is 1. The second-order valence-corrected chi connectivity index (χ2v) is 7.53. The van der Waals surface area contributed by atoms with E-state index in [-0.39, 0.29) is 18.6 Å². The molecule has 0 spiro atoms. The van der Waals surface area contributed by atoms with Gasteiger partial charge in [0.2, 0.25) is 0 Å². The van der Waals surface area contributed by atoms with Crippen LogP contribution in [0.5, 0.6) is 5.75 Å². The van der Waals surface area contributed by atoms with E-state index in [0.29, 0.717) is 13.0 Å². The van der Waals surface area contributed by atoms with Crippen LogP contribution in [0.15, 0.2) is 24.3 Å². The lowest BCUT2D eigenvalue weighted by Crippen LogP contribution is -2.39. The van der Waals surface area contributed by atoms with Gasteiger partial charge in [-0.25, -0.2) is 0 Å². The fourth-order valence-electron chi connectivity index (χ4n) is 4.08. The number of carboxylic acids is 1. The fraction of sp³-hybridized carbons (Fsp3) is 0.571. The van der Waals surface area contributed by atoms with Crippen LogP contribution in [0.4, 0.5) is 0 Å². The molecule has 0 radical (unpaired) electrons. The number of hydrogen-bond donors (Lipinski definition) is 1. The van der Waals surface area contributed by atoms with Crippen LogP contribution in [0.25, 0.3) is 0 Å². The Labute approximate surface area is 159 Å². The van der Waals surface area contributed by atoms with E-state index < -0.39 is 17.3 Å². The van der Waals surface area contributed by atoms with E-state index in [2.05, 4.69) is 11.0 Å². The first-order valence-corrected chi connectivity index (χ1v) is 9.66. The summed E-state index contributed by atoms with van der Waals surface area (Å²) in [4.78, 5) is 25.6. The largest absolute Gasteiger partial charge is 0.494 e. The van der Waals surface area contributed by atoms with Gasteiger partial charge in [-0.15, -0.1) is 0 Å². The number of benzene rings is 1. The Bertz CT molecular complexity index is 719. The van der Waals surface area contributed by atoms with Crippen molar-refractivity contribution in [3.05, 3.63) is 29.8 Å². The van der Waals surface area contributed by atoms with Crippen LogP contribution in [0, 0.1) is 17.2 Å². The molecule has 2 aliphatic rings. The smallest absolute Gasteiger partial charge is 0.314 e. The third-order valence-electron chi connectivity index (χ3n) is 5.74. The van der Waals surface area contributed by atoms with E-state index in [1.165, 1.54) is 25.9 Å². The van der Waals surface area contributed by atoms with E-state index in [1.807, 2.05) is 24.3 Å². The van der Waals surface area contributed by atoms with Gasteiger partial charge < -0.3 is 14.7 Å². The number of aliphatic carboxylic acids is 1. The molecular formula is C21H26N2O4. The van der Waals surface area contributed by atoms with Crippen LogP contribution < -0.4 is 4.74 Å². The highest BCUT2D eigenvalue weighted by Crippen LogP contribution is 2.40. The lowest BCUT2D eigenvalue weighted by Gasteiger charge is -2.33. The molecule has 6 nitrogen and oxygen atoms in total. The SMILES string of the molecule is N#CC1(c2ccc(OCCCN3CCCC3)cc2)CCC(=O)C(C(=O)O)C1. The van der Waals surface area contributed by atoms with Gasteiger partial charge in [-0.1, -0.05) is 12.1 Å². The van der Waals surface area contributed by atoms with Crippen LogP contribution >= 0.6 is 0 Å². The minimum Gasteiger partial charge on any atom is -0.494 e. The summed E-state index contributed by atoms with van der Waals surface area (Å²) in [5.74, 6) is -1.78. The maximum Gasteiger partial charge on any atom is 0.314 e. The summed E-state index contributed by atoms with van der Waals surface area (Å²) in [6.07, 6.45) is 4.08. The van der Waals surface area contributed by atoms with Crippen molar-refractivity contribution < 1.29 is 19.4 Å². The topological polar surface area (TPSA) is 90.6 Å². The van der Waals surface area contributed by atoms with Crippen molar-refractivity contribution in [3.8, 4) is 11.8 Å². The standard InChI is InChI=1S/C21H26N2O4/c22-15-21(9-8-19(24)18(14-21)20(25)26)16-4-6-17(7-5-16)27-13-3-12-23-10-1-2-11-23/h4-7,18H,1-3,8-14H2,(H,25,26). The molecule has 6 heteroatoms. The minimum atomic E-state index is -1.14. The highest BCUT2D eigenvalue weighted by molar-refractivity contribution is 5.99. The van der Waals surface area contributed by atoms with Gasteiger partial charge in [0, 0.05) is 13.0 Å². The third kappa shape index (κ3) is 4.48. The minimum absolute atomic E-state index is 0.0354. The Morgan fingerprint density at radius 3 is 2.63 bits per heavy atom. The lowest BCUT2D eigenvalue weighted by atomic mass is 9.66. The lowest BCUT2D eigenvalue weighted by molar-refractivity contribution is -0.148. The Morgan fingerprint density at radius 2 is 2.00 bits per heavy atom. The fourth-order valence-corrected chi connectivity index (χ4v) is 4.08. The Kier molecular flexibility index (Phi) is 6.12. The number of ketones is 1. The van der Waals surface area contributed by atoms with Crippen LogP contribution in [0.1, 0.15) is 44.1 Å². The number of nitrogens with zero attached hydrogens (tertiary/aromatic N) is 2. The number of ether oxygens (including phenoxy) is 1. The summed E-state index contributed by atoms with van der Waals surface area (Å²) in [5.41, 5.74) is -0.168. The molecule has 1 N–H and O–H groups in total. The van der Waals surface area contributed by atoms with Crippen LogP contribution in [0.3, 0.4) is 0 Å². The van der Waals surface area contributed by atoms with Crippen molar-refractivity contribution in [2.24, 2.45) is 5.92 Å². The number of rotatable bonds is 7. The van der Waals surface area contributed by atoms with Crippen molar-refractivity contribution in [1.29, 1.82) is 5.26 Å². The van der Waals surface area contributed by atoms with E-state index in [9.17, 15) is 20.0 Å². The number of carbonyl (C=O) groups is 2. The zero-order valence-electron chi connectivity index (χ0n) is 15.5. The zero-order chi connectivity index (χ0) is 19.3. The average molecular weight is 370 g/mol. The molecule has 144 valence electrons. The molecular weight excluding hydrogens is 344 g/mol. The molecule has 1 aromatic rings. The Morgan fingerprint density at radius 1 is 1.30 bits per heavy atom. The van der Waals surface area contributed by atoms with Crippen molar-refractivity contribution in [2.75, 3.05) is 26.2 Å². The van der Waals surface area contributed by atoms with Crippen LogP contribution in [0.2, 0.25) is 0 Å². The van der Waals surface area contributed by atoms with Gasteiger partial charge in [-0.2, -0.15) is 5.26 Å². The molecule has 2 atom stereocenters. The second kappa shape index (κ2) is 8.53. The average Bonchev–Trinajstić information content (AvgIpc) is 3.20. The molecule has 2 fully saturated rings. The van der Waals surface area contributed by atoms with Gasteiger partial charge in [0.15, 0.2) is 0 Å². The van der Waals surface area contributed by atoms with Crippen molar-refractivity contribution in [2.45, 2.75) is 43.9 Å². The monoisotopic (exact) mass is 370 g/mol. The van der Waals surface area contributed by atoms with E-state index in [4.69, 9.17) is 4.74 Å². The summed E-state index contributed by atoms with van der Waals surface area (Å²) in [6, 6.07) is 9.59. The molecule has 2 unspecified atom stereocenters. The molecule has 1 aliphatic carbocycles. The van der Waals surface area contributed by atoms with E-state index in [0.717, 1.165) is 24.3 Å². The Balaban J connectivity index is 1.58. The Hall–Kier alpha value is -2.39. The molecule has 1 saturated heterocycles. The highest BCUT2D eigenvalue weighted by Gasteiger charge is 2.44. The van der Waals surface area contributed by atoms with Crippen LogP contribution in [-0.4, -0.2) is 48.0 Å². The number of carboxylic acid groups (broad SMARTS) is 1. The summed E-state index contributed by atoms with van der Waals surface area (Å²) in [7, 11) is 0. The summed E-state index contributed by atoms with van der Waals surface area (Å²) >= 11 is 0. The molecule has 27 heavy (non-hydrogen) atoms. The van der Waals surface area contributed by atoms with Gasteiger partial charge in [0.05, 0.1) is 18.1 Å². The summed E-state index contributed by atoms with van der Waals surface area (Å²) in [6.45, 7) is 4.07.